The Balaban J connectivity index is 1.77. The summed E-state index contributed by atoms with van der Waals surface area (Å²) in [5.41, 5.74) is 1.71. The second kappa shape index (κ2) is 5.26. The third-order valence-corrected chi connectivity index (χ3v) is 4.44. The van der Waals surface area contributed by atoms with Crippen LogP contribution < -0.4 is 5.69 Å². The van der Waals surface area contributed by atoms with Gasteiger partial charge in [0.15, 0.2) is 0 Å². The molecule has 6 heteroatoms. The molecule has 0 aliphatic heterocycles. The zero-order chi connectivity index (χ0) is 16.9. The molecule has 0 radical (unpaired) electrons. The molecule has 1 heterocycles. The average molecular weight is 332 g/mol. The van der Waals surface area contributed by atoms with Crippen molar-refractivity contribution in [3.8, 4) is 11.1 Å². The lowest BCUT2D eigenvalue weighted by atomic mass is 10.0. The van der Waals surface area contributed by atoms with Crippen molar-refractivity contribution in [1.29, 1.82) is 0 Å². The molecule has 1 aliphatic carbocycles. The van der Waals surface area contributed by atoms with Crippen LogP contribution in [0.3, 0.4) is 0 Å². The van der Waals surface area contributed by atoms with Crippen LogP contribution in [-0.4, -0.2) is 9.55 Å². The van der Waals surface area contributed by atoms with Gasteiger partial charge in [-0.2, -0.15) is 13.2 Å². The van der Waals surface area contributed by atoms with Gasteiger partial charge in [-0.3, -0.25) is 4.57 Å². The predicted octanol–water partition coefficient (Wildman–Crippen LogP) is 4.43. The van der Waals surface area contributed by atoms with Crippen LogP contribution in [0.25, 0.3) is 22.2 Å². The Hall–Kier alpha value is -2.50. The predicted molar refractivity (Wildman–Crippen MR) is 85.7 cm³/mol. The first kappa shape index (κ1) is 15.1. The van der Waals surface area contributed by atoms with Gasteiger partial charge in [-0.05, 0) is 54.2 Å². The molecule has 24 heavy (non-hydrogen) atoms. The SMILES string of the molecule is O=c1[nH]c2cc(-c3cccc(C(F)(F)F)c3)ccc2n1CC1CC1. The van der Waals surface area contributed by atoms with E-state index in [1.54, 1.807) is 28.8 Å². The third kappa shape index (κ3) is 2.72. The summed E-state index contributed by atoms with van der Waals surface area (Å²) >= 11 is 0. The lowest BCUT2D eigenvalue weighted by Gasteiger charge is -2.09. The Bertz CT molecular complexity index is 964. The lowest BCUT2D eigenvalue weighted by molar-refractivity contribution is -0.137. The van der Waals surface area contributed by atoms with Gasteiger partial charge in [0.1, 0.15) is 0 Å². The summed E-state index contributed by atoms with van der Waals surface area (Å²) in [4.78, 5) is 14.9. The molecule has 0 bridgehead atoms. The van der Waals surface area contributed by atoms with E-state index in [1.807, 2.05) is 0 Å². The average Bonchev–Trinajstić information content (AvgIpc) is 3.31. The molecule has 124 valence electrons. The quantitative estimate of drug-likeness (QED) is 0.757. The van der Waals surface area contributed by atoms with Gasteiger partial charge in [-0.15, -0.1) is 0 Å². The highest BCUT2D eigenvalue weighted by Gasteiger charge is 2.30. The van der Waals surface area contributed by atoms with Crippen LogP contribution in [0.15, 0.2) is 47.3 Å². The summed E-state index contributed by atoms with van der Waals surface area (Å²) in [6.07, 6.45) is -2.09. The Morgan fingerprint density at radius 1 is 1.08 bits per heavy atom. The molecule has 0 saturated heterocycles. The Morgan fingerprint density at radius 2 is 1.83 bits per heavy atom. The van der Waals surface area contributed by atoms with Crippen LogP contribution in [0.2, 0.25) is 0 Å². The molecule has 3 nitrogen and oxygen atoms in total. The largest absolute Gasteiger partial charge is 0.416 e. The molecule has 3 aromatic rings. The minimum Gasteiger partial charge on any atom is -0.306 e. The van der Waals surface area contributed by atoms with Gasteiger partial charge >= 0.3 is 11.9 Å². The van der Waals surface area contributed by atoms with Crippen LogP contribution in [0.1, 0.15) is 18.4 Å². The van der Waals surface area contributed by atoms with E-state index in [2.05, 4.69) is 4.98 Å². The fourth-order valence-corrected chi connectivity index (χ4v) is 2.96. The van der Waals surface area contributed by atoms with E-state index in [-0.39, 0.29) is 5.69 Å². The minimum absolute atomic E-state index is 0.168. The first-order valence-electron chi connectivity index (χ1n) is 7.82. The number of halogens is 3. The third-order valence-electron chi connectivity index (χ3n) is 4.44. The first-order chi connectivity index (χ1) is 11.4. The first-order valence-corrected chi connectivity index (χ1v) is 7.82. The highest BCUT2D eigenvalue weighted by atomic mass is 19.4. The van der Waals surface area contributed by atoms with Gasteiger partial charge in [0, 0.05) is 6.54 Å². The van der Waals surface area contributed by atoms with Gasteiger partial charge in [-0.25, -0.2) is 4.79 Å². The maximum Gasteiger partial charge on any atom is 0.416 e. The Labute approximate surface area is 135 Å². The summed E-state index contributed by atoms with van der Waals surface area (Å²) in [7, 11) is 0. The lowest BCUT2D eigenvalue weighted by Crippen LogP contribution is -2.17. The van der Waals surface area contributed by atoms with E-state index in [0.29, 0.717) is 29.1 Å². The molecule has 0 unspecified atom stereocenters. The molecule has 1 aliphatic rings. The number of nitrogens with one attached hydrogen (secondary N) is 1. The van der Waals surface area contributed by atoms with Crippen molar-refractivity contribution in [1.82, 2.24) is 9.55 Å². The number of benzene rings is 2. The van der Waals surface area contributed by atoms with E-state index in [9.17, 15) is 18.0 Å². The zero-order valence-electron chi connectivity index (χ0n) is 12.7. The van der Waals surface area contributed by atoms with Gasteiger partial charge in [-0.1, -0.05) is 18.2 Å². The van der Waals surface area contributed by atoms with Gasteiger partial charge < -0.3 is 4.98 Å². The molecular formula is C18H15F3N2O. The maximum atomic E-state index is 12.9. The van der Waals surface area contributed by atoms with E-state index < -0.39 is 11.7 Å². The number of aromatic amines is 1. The van der Waals surface area contributed by atoms with Crippen molar-refractivity contribution in [3.63, 3.8) is 0 Å². The molecule has 0 atom stereocenters. The van der Waals surface area contributed by atoms with E-state index >= 15 is 0 Å². The Kier molecular flexibility index (Phi) is 3.30. The van der Waals surface area contributed by atoms with Crippen LogP contribution in [0.5, 0.6) is 0 Å². The molecule has 1 aromatic heterocycles. The van der Waals surface area contributed by atoms with E-state index in [4.69, 9.17) is 0 Å². The topological polar surface area (TPSA) is 37.8 Å². The van der Waals surface area contributed by atoms with Gasteiger partial charge in [0.2, 0.25) is 0 Å². The summed E-state index contributed by atoms with van der Waals surface area (Å²) in [5.74, 6) is 0.560. The number of aromatic nitrogens is 2. The fraction of sp³-hybridized carbons (Fsp3) is 0.278. The van der Waals surface area contributed by atoms with Crippen LogP contribution in [0.4, 0.5) is 13.2 Å². The van der Waals surface area contributed by atoms with Crippen molar-refractivity contribution < 1.29 is 13.2 Å². The van der Waals surface area contributed by atoms with Crippen LogP contribution in [-0.2, 0) is 12.7 Å². The fourth-order valence-electron chi connectivity index (χ4n) is 2.96. The number of hydrogen-bond donors (Lipinski definition) is 1. The van der Waals surface area contributed by atoms with Crippen molar-refractivity contribution in [2.45, 2.75) is 25.6 Å². The van der Waals surface area contributed by atoms with Crippen molar-refractivity contribution >= 4 is 11.0 Å². The van der Waals surface area contributed by atoms with Gasteiger partial charge in [0.25, 0.3) is 0 Å². The maximum absolute atomic E-state index is 12.9. The number of H-pyrrole nitrogens is 1. The van der Waals surface area contributed by atoms with Crippen molar-refractivity contribution in [2.75, 3.05) is 0 Å². The molecular weight excluding hydrogens is 317 g/mol. The van der Waals surface area contributed by atoms with E-state index in [1.165, 1.54) is 6.07 Å². The molecule has 2 aromatic carbocycles. The highest BCUT2D eigenvalue weighted by Crippen LogP contribution is 2.33. The zero-order valence-corrected chi connectivity index (χ0v) is 12.7. The number of imidazole rings is 1. The number of fused-ring (bicyclic) bond motifs is 1. The van der Waals surface area contributed by atoms with Gasteiger partial charge in [0.05, 0.1) is 16.6 Å². The molecule has 1 fully saturated rings. The second-order valence-electron chi connectivity index (χ2n) is 6.29. The minimum atomic E-state index is -4.37. The molecule has 0 amide bonds. The van der Waals surface area contributed by atoms with Crippen molar-refractivity contribution in [3.05, 3.63) is 58.5 Å². The smallest absolute Gasteiger partial charge is 0.306 e. The molecule has 0 spiro atoms. The number of rotatable bonds is 3. The number of nitrogens with zero attached hydrogens (tertiary/aromatic N) is 1. The summed E-state index contributed by atoms with van der Waals surface area (Å²) in [6.45, 7) is 0.696. The highest BCUT2D eigenvalue weighted by molar-refractivity contribution is 5.82. The Morgan fingerprint density at radius 3 is 2.54 bits per heavy atom. The van der Waals surface area contributed by atoms with Crippen LogP contribution >= 0.6 is 0 Å². The second-order valence-corrected chi connectivity index (χ2v) is 6.29. The normalized spacial score (nSPS) is 15.1. The van der Waals surface area contributed by atoms with Crippen molar-refractivity contribution in [2.24, 2.45) is 5.92 Å². The number of alkyl halides is 3. The summed E-state index contributed by atoms with van der Waals surface area (Å²) < 4.78 is 40.3. The molecule has 1 N–H and O–H groups in total. The molecule has 1 saturated carbocycles. The standard InChI is InChI=1S/C18H15F3N2O/c19-18(20,21)14-3-1-2-12(8-14)13-6-7-16-15(9-13)22-17(24)23(16)10-11-4-5-11/h1-3,6-9,11H,4-5,10H2,(H,22,24). The van der Waals surface area contributed by atoms with E-state index in [0.717, 1.165) is 30.5 Å². The molecule has 4 rings (SSSR count). The number of hydrogen-bond acceptors (Lipinski definition) is 1. The summed E-state index contributed by atoms with van der Waals surface area (Å²) in [6, 6.07) is 10.5. The monoisotopic (exact) mass is 332 g/mol. The van der Waals surface area contributed by atoms with Crippen LogP contribution in [0, 0.1) is 5.92 Å². The summed E-state index contributed by atoms with van der Waals surface area (Å²) in [5, 5.41) is 0.